The van der Waals surface area contributed by atoms with E-state index in [0.29, 0.717) is 40.9 Å². The Labute approximate surface area is 216 Å². The molecule has 2 aliphatic heterocycles. The van der Waals surface area contributed by atoms with Crippen molar-refractivity contribution in [3.05, 3.63) is 28.2 Å². The van der Waals surface area contributed by atoms with Crippen molar-refractivity contribution < 1.29 is 24.2 Å². The summed E-state index contributed by atoms with van der Waals surface area (Å²) in [5.74, 6) is 0.588. The zero-order valence-corrected chi connectivity index (χ0v) is 21.4. The number of amides is 3. The highest BCUT2D eigenvalue weighted by Gasteiger charge is 2.40. The summed E-state index contributed by atoms with van der Waals surface area (Å²) in [6.07, 6.45) is 6.32. The van der Waals surface area contributed by atoms with Crippen LogP contribution < -0.4 is 10.6 Å². The van der Waals surface area contributed by atoms with Gasteiger partial charge >= 0.3 is 6.03 Å². The van der Waals surface area contributed by atoms with Crippen LogP contribution in [0.15, 0.2) is 18.2 Å². The van der Waals surface area contributed by atoms with Crippen molar-refractivity contribution in [3.63, 3.8) is 0 Å². The Morgan fingerprint density at radius 3 is 2.51 bits per heavy atom. The molecular formula is C25H35Cl2N3O5. The van der Waals surface area contributed by atoms with Crippen LogP contribution in [0.4, 0.5) is 10.5 Å². The molecule has 3 fully saturated rings. The zero-order chi connectivity index (χ0) is 24.8. The van der Waals surface area contributed by atoms with E-state index in [4.69, 9.17) is 32.7 Å². The van der Waals surface area contributed by atoms with Gasteiger partial charge in [0.15, 0.2) is 0 Å². The van der Waals surface area contributed by atoms with E-state index in [1.807, 2.05) is 0 Å². The predicted molar refractivity (Wildman–Crippen MR) is 135 cm³/mol. The lowest BCUT2D eigenvalue weighted by atomic mass is 9.89. The number of carbonyl (C=O) groups excluding carboxylic acids is 2. The molecule has 3 amide bonds. The van der Waals surface area contributed by atoms with E-state index >= 15 is 0 Å². The average Bonchev–Trinajstić information content (AvgIpc) is 2.80. The number of aliphatic hydroxyl groups is 1. The van der Waals surface area contributed by atoms with Gasteiger partial charge in [0, 0.05) is 22.3 Å². The number of benzene rings is 1. The number of ether oxygens (including phenoxy) is 2. The van der Waals surface area contributed by atoms with Gasteiger partial charge in [0.05, 0.1) is 44.4 Å². The number of anilines is 1. The molecule has 2 saturated heterocycles. The molecular weight excluding hydrogens is 493 g/mol. The van der Waals surface area contributed by atoms with Gasteiger partial charge in [-0.3, -0.25) is 4.79 Å². The molecule has 10 heteroatoms. The second-order valence-corrected chi connectivity index (χ2v) is 10.8. The quantitative estimate of drug-likeness (QED) is 0.532. The van der Waals surface area contributed by atoms with E-state index in [9.17, 15) is 14.7 Å². The molecule has 3 aliphatic rings. The minimum Gasteiger partial charge on any atom is -0.389 e. The topological polar surface area (TPSA) is 100 Å². The van der Waals surface area contributed by atoms with Crippen LogP contribution in [0.3, 0.4) is 0 Å². The molecule has 4 atom stereocenters. The molecule has 0 unspecified atom stereocenters. The molecule has 194 valence electrons. The Morgan fingerprint density at radius 1 is 1.03 bits per heavy atom. The van der Waals surface area contributed by atoms with Gasteiger partial charge in [-0.2, -0.15) is 0 Å². The van der Waals surface area contributed by atoms with Gasteiger partial charge in [0.1, 0.15) is 6.10 Å². The number of nitrogens with zero attached hydrogens (tertiary/aromatic N) is 1. The highest BCUT2D eigenvalue weighted by Crippen LogP contribution is 2.29. The summed E-state index contributed by atoms with van der Waals surface area (Å²) in [7, 11) is 0. The van der Waals surface area contributed by atoms with Crippen LogP contribution in [-0.4, -0.2) is 72.6 Å². The van der Waals surface area contributed by atoms with E-state index in [1.54, 1.807) is 23.1 Å². The van der Waals surface area contributed by atoms with Crippen molar-refractivity contribution in [1.82, 2.24) is 10.2 Å². The Kier molecular flexibility index (Phi) is 9.53. The first-order valence-electron chi connectivity index (χ1n) is 12.6. The second-order valence-electron chi connectivity index (χ2n) is 9.89. The van der Waals surface area contributed by atoms with Crippen LogP contribution in [0.5, 0.6) is 0 Å². The molecule has 1 aromatic rings. The van der Waals surface area contributed by atoms with Gasteiger partial charge in [-0.05, 0) is 49.8 Å². The fourth-order valence-corrected chi connectivity index (χ4v) is 5.85. The van der Waals surface area contributed by atoms with Gasteiger partial charge in [0.2, 0.25) is 5.91 Å². The molecule has 0 aromatic heterocycles. The van der Waals surface area contributed by atoms with Crippen molar-refractivity contribution in [1.29, 1.82) is 0 Å². The van der Waals surface area contributed by atoms with Crippen molar-refractivity contribution in [2.24, 2.45) is 5.92 Å². The maximum Gasteiger partial charge on any atom is 0.322 e. The van der Waals surface area contributed by atoms with E-state index < -0.39 is 6.10 Å². The average molecular weight is 528 g/mol. The zero-order valence-electron chi connectivity index (χ0n) is 19.9. The monoisotopic (exact) mass is 527 g/mol. The van der Waals surface area contributed by atoms with Crippen LogP contribution >= 0.6 is 23.2 Å². The summed E-state index contributed by atoms with van der Waals surface area (Å²) in [5.41, 5.74) is 0.473. The van der Waals surface area contributed by atoms with Crippen LogP contribution in [0, 0.1) is 5.92 Å². The van der Waals surface area contributed by atoms with E-state index in [-0.39, 0.29) is 49.9 Å². The summed E-state index contributed by atoms with van der Waals surface area (Å²) < 4.78 is 11.9. The summed E-state index contributed by atoms with van der Waals surface area (Å²) in [5, 5.41) is 17.1. The van der Waals surface area contributed by atoms with Gasteiger partial charge in [-0.15, -0.1) is 0 Å². The lowest BCUT2D eigenvalue weighted by Crippen LogP contribution is -2.58. The Hall–Kier alpha value is -1.58. The smallest absolute Gasteiger partial charge is 0.322 e. The fourth-order valence-electron chi connectivity index (χ4n) is 5.32. The molecule has 1 aromatic carbocycles. The van der Waals surface area contributed by atoms with Gasteiger partial charge in [-0.1, -0.05) is 42.5 Å². The lowest BCUT2D eigenvalue weighted by Gasteiger charge is -2.44. The predicted octanol–water partition coefficient (Wildman–Crippen LogP) is 4.22. The highest BCUT2D eigenvalue weighted by atomic mass is 35.5. The first-order chi connectivity index (χ1) is 16.9. The first-order valence-corrected chi connectivity index (χ1v) is 13.3. The number of rotatable bonds is 5. The van der Waals surface area contributed by atoms with Crippen LogP contribution in [0.25, 0.3) is 0 Å². The molecule has 35 heavy (non-hydrogen) atoms. The molecule has 4 rings (SSSR count). The third-order valence-electron chi connectivity index (χ3n) is 7.08. The number of hydrogen-bond donors (Lipinski definition) is 3. The summed E-state index contributed by atoms with van der Waals surface area (Å²) >= 11 is 12.1. The molecule has 8 nitrogen and oxygen atoms in total. The Balaban J connectivity index is 1.35. The summed E-state index contributed by atoms with van der Waals surface area (Å²) in [6, 6.07) is 4.16. The van der Waals surface area contributed by atoms with Crippen LogP contribution in [0.1, 0.15) is 51.4 Å². The molecule has 3 N–H and O–H groups in total. The maximum atomic E-state index is 13.2. The Morgan fingerprint density at radius 2 is 1.77 bits per heavy atom. The standard InChI is InChI=1S/C25H35Cl2N3O5/c26-17-8-18(27)10-19(9-17)29-25(33)30-13-20(31)14-34-15-23-22(30)7-6-21(35-23)11-24(32)28-12-16-4-2-1-3-5-16/h8-10,16,20-23,31H,1-7,11-15H2,(H,28,32)(H,29,33)/t20-,21+,22-,23+/m1/s1. The molecule has 1 aliphatic carbocycles. The van der Waals surface area contributed by atoms with Gasteiger partial charge in [0.25, 0.3) is 0 Å². The van der Waals surface area contributed by atoms with Crippen LogP contribution in [0.2, 0.25) is 10.0 Å². The molecule has 2 heterocycles. The van der Waals surface area contributed by atoms with E-state index in [0.717, 1.165) is 6.54 Å². The number of aliphatic hydroxyl groups excluding tert-OH is 1. The van der Waals surface area contributed by atoms with E-state index in [2.05, 4.69) is 10.6 Å². The SMILES string of the molecule is O=C(C[C@@H]1CC[C@@H]2[C@H](COC[C@H](O)CN2C(=O)Nc2cc(Cl)cc(Cl)c2)O1)NCC1CCCCC1. The molecule has 0 bridgehead atoms. The van der Waals surface area contributed by atoms with Crippen LogP contribution in [-0.2, 0) is 14.3 Å². The second kappa shape index (κ2) is 12.6. The minimum atomic E-state index is -0.812. The maximum absolute atomic E-state index is 13.2. The summed E-state index contributed by atoms with van der Waals surface area (Å²) in [6.45, 7) is 1.19. The number of fused-ring (bicyclic) bond motifs is 1. The normalized spacial score (nSPS) is 27.9. The Bertz CT molecular complexity index is 862. The van der Waals surface area contributed by atoms with Crippen molar-refractivity contribution >= 4 is 40.8 Å². The number of hydrogen-bond acceptors (Lipinski definition) is 5. The van der Waals surface area contributed by atoms with Gasteiger partial charge < -0.3 is 30.1 Å². The first kappa shape index (κ1) is 26.5. The largest absolute Gasteiger partial charge is 0.389 e. The number of nitrogens with one attached hydrogen (secondary N) is 2. The highest BCUT2D eigenvalue weighted by molar-refractivity contribution is 6.35. The third kappa shape index (κ3) is 7.70. The fraction of sp³-hybridized carbons (Fsp3) is 0.680. The third-order valence-corrected chi connectivity index (χ3v) is 7.52. The number of β-amino-alcohol motifs (C(OH)–C–C–N with tert-alkyl or cyclic N) is 1. The van der Waals surface area contributed by atoms with Crippen molar-refractivity contribution in [2.45, 2.75) is 75.7 Å². The minimum absolute atomic E-state index is 0.00800. The number of carbonyl (C=O) groups is 2. The number of halogens is 2. The molecule has 0 spiro atoms. The number of urea groups is 1. The van der Waals surface area contributed by atoms with Gasteiger partial charge in [-0.25, -0.2) is 4.79 Å². The lowest BCUT2D eigenvalue weighted by molar-refractivity contribution is -0.149. The van der Waals surface area contributed by atoms with E-state index in [1.165, 1.54) is 32.1 Å². The van der Waals surface area contributed by atoms with Crippen molar-refractivity contribution in [3.8, 4) is 0 Å². The summed E-state index contributed by atoms with van der Waals surface area (Å²) in [4.78, 5) is 27.4. The molecule has 0 radical (unpaired) electrons. The van der Waals surface area contributed by atoms with Crippen molar-refractivity contribution in [2.75, 3.05) is 31.6 Å². The molecule has 1 saturated carbocycles.